The Bertz CT molecular complexity index is 677. The van der Waals surface area contributed by atoms with Crippen molar-refractivity contribution >= 4 is 35.0 Å². The largest absolute Gasteiger partial charge is 0.325 e. The Morgan fingerprint density at radius 1 is 1.04 bits per heavy atom. The lowest BCUT2D eigenvalue weighted by atomic mass is 10.3. The Morgan fingerprint density at radius 2 is 1.71 bits per heavy atom. The van der Waals surface area contributed by atoms with Crippen LogP contribution in [0.3, 0.4) is 0 Å². The molecule has 6 heteroatoms. The average Bonchev–Trinajstić information content (AvgIpc) is 2.58. The van der Waals surface area contributed by atoms with E-state index in [0.717, 1.165) is 5.69 Å². The molecule has 2 aromatic carbocycles. The van der Waals surface area contributed by atoms with Gasteiger partial charge in [-0.25, -0.2) is 4.39 Å². The van der Waals surface area contributed by atoms with Gasteiger partial charge in [0, 0.05) is 17.9 Å². The smallest absolute Gasteiger partial charge is 0.236 e. The van der Waals surface area contributed by atoms with Crippen molar-refractivity contribution in [3.63, 3.8) is 0 Å². The number of anilines is 2. The Kier molecular flexibility index (Phi) is 6.81. The van der Waals surface area contributed by atoms with Crippen molar-refractivity contribution in [2.45, 2.75) is 6.92 Å². The molecule has 2 amide bonds. The fraction of sp³-hybridized carbons (Fsp3) is 0.222. The van der Waals surface area contributed by atoms with Gasteiger partial charge in [0.05, 0.1) is 11.5 Å². The molecule has 0 aliphatic rings. The number of carbonyl (C=O) groups is 2. The highest BCUT2D eigenvalue weighted by Crippen LogP contribution is 2.15. The molecule has 0 bridgehead atoms. The van der Waals surface area contributed by atoms with Crippen LogP contribution in [0.1, 0.15) is 6.92 Å². The predicted molar refractivity (Wildman–Crippen MR) is 96.8 cm³/mol. The lowest BCUT2D eigenvalue weighted by Gasteiger charge is -2.20. The van der Waals surface area contributed by atoms with Crippen LogP contribution in [0, 0.1) is 5.82 Å². The fourth-order valence-electron chi connectivity index (χ4n) is 2.15. The molecule has 0 saturated carbocycles. The lowest BCUT2D eigenvalue weighted by molar-refractivity contribution is -0.116. The second kappa shape index (κ2) is 9.08. The van der Waals surface area contributed by atoms with E-state index in [1.807, 2.05) is 37.3 Å². The number of para-hydroxylation sites is 1. The Labute approximate surface area is 145 Å². The van der Waals surface area contributed by atoms with E-state index in [1.54, 1.807) is 4.90 Å². The second-order valence-corrected chi connectivity index (χ2v) is 6.01. The predicted octanol–water partition coefficient (Wildman–Crippen LogP) is 3.55. The Morgan fingerprint density at radius 3 is 2.33 bits per heavy atom. The monoisotopic (exact) mass is 346 g/mol. The lowest BCUT2D eigenvalue weighted by Crippen LogP contribution is -2.32. The highest BCUT2D eigenvalue weighted by molar-refractivity contribution is 8.00. The minimum atomic E-state index is -0.353. The van der Waals surface area contributed by atoms with Crippen LogP contribution in [0.5, 0.6) is 0 Å². The number of benzene rings is 2. The van der Waals surface area contributed by atoms with E-state index in [1.165, 1.54) is 36.0 Å². The third-order valence-corrected chi connectivity index (χ3v) is 4.19. The van der Waals surface area contributed by atoms with Gasteiger partial charge in [0.25, 0.3) is 0 Å². The molecule has 24 heavy (non-hydrogen) atoms. The molecule has 2 aromatic rings. The standard InChI is InChI=1S/C18H19FN2O2S/c1-2-21(16-6-4-3-5-7-16)18(23)13-24-12-17(22)20-15-10-8-14(19)9-11-15/h3-11H,2,12-13H2,1H3,(H,20,22). The summed E-state index contributed by atoms with van der Waals surface area (Å²) < 4.78 is 12.8. The quantitative estimate of drug-likeness (QED) is 0.834. The van der Waals surface area contributed by atoms with E-state index < -0.39 is 0 Å². The van der Waals surface area contributed by atoms with Gasteiger partial charge in [0.1, 0.15) is 5.82 Å². The first-order chi connectivity index (χ1) is 11.6. The van der Waals surface area contributed by atoms with Gasteiger partial charge in [-0.15, -0.1) is 11.8 Å². The van der Waals surface area contributed by atoms with Crippen LogP contribution in [0.25, 0.3) is 0 Å². The molecule has 0 heterocycles. The van der Waals surface area contributed by atoms with Gasteiger partial charge in [-0.3, -0.25) is 9.59 Å². The minimum Gasteiger partial charge on any atom is -0.325 e. The molecule has 0 spiro atoms. The maximum absolute atomic E-state index is 12.8. The summed E-state index contributed by atoms with van der Waals surface area (Å²) in [6, 6.07) is 15.0. The molecule has 2 rings (SSSR count). The number of hydrogen-bond acceptors (Lipinski definition) is 3. The van der Waals surface area contributed by atoms with Gasteiger partial charge in [-0.2, -0.15) is 0 Å². The Balaban J connectivity index is 1.79. The number of hydrogen-bond donors (Lipinski definition) is 1. The molecule has 1 N–H and O–H groups in total. The van der Waals surface area contributed by atoms with Crippen molar-refractivity contribution in [2.75, 3.05) is 28.3 Å². The van der Waals surface area contributed by atoms with Crippen LogP contribution >= 0.6 is 11.8 Å². The topological polar surface area (TPSA) is 49.4 Å². The number of thioether (sulfide) groups is 1. The van der Waals surface area contributed by atoms with Gasteiger partial charge in [-0.05, 0) is 43.3 Å². The van der Waals surface area contributed by atoms with Crippen molar-refractivity contribution in [1.29, 1.82) is 0 Å². The molecule has 0 aromatic heterocycles. The zero-order valence-electron chi connectivity index (χ0n) is 13.4. The normalized spacial score (nSPS) is 10.2. The summed E-state index contributed by atoms with van der Waals surface area (Å²) in [5.41, 5.74) is 1.38. The summed E-state index contributed by atoms with van der Waals surface area (Å²) >= 11 is 1.25. The molecule has 0 atom stereocenters. The number of amides is 2. The van der Waals surface area contributed by atoms with Crippen LogP contribution < -0.4 is 10.2 Å². The van der Waals surface area contributed by atoms with Gasteiger partial charge in [0.2, 0.25) is 11.8 Å². The van der Waals surface area contributed by atoms with Gasteiger partial charge >= 0.3 is 0 Å². The van der Waals surface area contributed by atoms with Crippen molar-refractivity contribution < 1.29 is 14.0 Å². The summed E-state index contributed by atoms with van der Waals surface area (Å²) in [7, 11) is 0. The number of nitrogens with one attached hydrogen (secondary N) is 1. The molecular formula is C18H19FN2O2S. The van der Waals surface area contributed by atoms with Crippen LogP contribution in [0.2, 0.25) is 0 Å². The number of carbonyl (C=O) groups excluding carboxylic acids is 2. The first-order valence-corrected chi connectivity index (χ1v) is 8.74. The maximum atomic E-state index is 12.8. The molecule has 0 aliphatic carbocycles. The van der Waals surface area contributed by atoms with Gasteiger partial charge in [0.15, 0.2) is 0 Å². The molecule has 0 saturated heterocycles. The first-order valence-electron chi connectivity index (χ1n) is 7.58. The zero-order chi connectivity index (χ0) is 17.4. The SMILES string of the molecule is CCN(C(=O)CSCC(=O)Nc1ccc(F)cc1)c1ccccc1. The van der Waals surface area contributed by atoms with Crippen LogP contribution in [0.4, 0.5) is 15.8 Å². The van der Waals surface area contributed by atoms with E-state index in [-0.39, 0.29) is 29.1 Å². The molecule has 126 valence electrons. The van der Waals surface area contributed by atoms with Crippen LogP contribution in [-0.4, -0.2) is 29.9 Å². The van der Waals surface area contributed by atoms with Crippen LogP contribution in [-0.2, 0) is 9.59 Å². The van der Waals surface area contributed by atoms with E-state index >= 15 is 0 Å². The Hall–Kier alpha value is -2.34. The summed E-state index contributed by atoms with van der Waals surface area (Å²) in [6.45, 7) is 2.49. The molecule has 0 fully saturated rings. The van der Waals surface area contributed by atoms with Crippen molar-refractivity contribution in [1.82, 2.24) is 0 Å². The van der Waals surface area contributed by atoms with E-state index in [9.17, 15) is 14.0 Å². The summed E-state index contributed by atoms with van der Waals surface area (Å²) in [5.74, 6) is -0.228. The minimum absolute atomic E-state index is 0.0386. The average molecular weight is 346 g/mol. The molecule has 0 radical (unpaired) electrons. The van der Waals surface area contributed by atoms with Gasteiger partial charge < -0.3 is 10.2 Å². The van der Waals surface area contributed by atoms with E-state index in [0.29, 0.717) is 12.2 Å². The first kappa shape index (κ1) is 18.0. The molecule has 0 aliphatic heterocycles. The maximum Gasteiger partial charge on any atom is 0.236 e. The summed E-state index contributed by atoms with van der Waals surface area (Å²) in [5, 5.41) is 2.67. The molecular weight excluding hydrogens is 327 g/mol. The number of nitrogens with zero attached hydrogens (tertiary/aromatic N) is 1. The number of halogens is 1. The molecule has 0 unspecified atom stereocenters. The van der Waals surface area contributed by atoms with Crippen molar-refractivity contribution in [3.8, 4) is 0 Å². The number of rotatable bonds is 7. The third kappa shape index (κ3) is 5.38. The van der Waals surface area contributed by atoms with E-state index in [2.05, 4.69) is 5.32 Å². The van der Waals surface area contributed by atoms with E-state index in [4.69, 9.17) is 0 Å². The van der Waals surface area contributed by atoms with Crippen molar-refractivity contribution in [3.05, 3.63) is 60.4 Å². The third-order valence-electron chi connectivity index (χ3n) is 3.27. The molecule has 4 nitrogen and oxygen atoms in total. The summed E-state index contributed by atoms with van der Waals surface area (Å²) in [6.07, 6.45) is 0. The summed E-state index contributed by atoms with van der Waals surface area (Å²) in [4.78, 5) is 25.8. The zero-order valence-corrected chi connectivity index (χ0v) is 14.2. The van der Waals surface area contributed by atoms with Crippen LogP contribution in [0.15, 0.2) is 54.6 Å². The van der Waals surface area contributed by atoms with Gasteiger partial charge in [-0.1, -0.05) is 18.2 Å². The van der Waals surface area contributed by atoms with Crippen molar-refractivity contribution in [2.24, 2.45) is 0 Å². The second-order valence-electron chi connectivity index (χ2n) is 5.02. The highest BCUT2D eigenvalue weighted by Gasteiger charge is 2.14. The highest BCUT2D eigenvalue weighted by atomic mass is 32.2. The fourth-order valence-corrected chi connectivity index (χ4v) is 2.84.